The van der Waals surface area contributed by atoms with Crippen molar-refractivity contribution in [3.8, 4) is 0 Å². The van der Waals surface area contributed by atoms with E-state index in [9.17, 15) is 4.79 Å². The standard InChI is InChI=1S/C30H42N2O/c1-20-25-12-13-27-24-11-10-22-18-23(32(4)28(33)21-8-6-5-7-9-21)14-16-29(22,2)26(24)15-17-30(25,27)19-31(20)3/h5-10,20,23-27H,11-19H2,1-4H3/t20-,23-,24+,25+,26?,27-,29-,30-/m0/s1. The first kappa shape index (κ1) is 21.9. The van der Waals surface area contributed by atoms with Crippen LogP contribution >= 0.6 is 0 Å². The van der Waals surface area contributed by atoms with Crippen molar-refractivity contribution in [1.29, 1.82) is 0 Å². The molecule has 1 aromatic rings. The van der Waals surface area contributed by atoms with Gasteiger partial charge in [-0.3, -0.25) is 4.79 Å². The lowest BCUT2D eigenvalue weighted by Gasteiger charge is -2.58. The molecule has 8 atom stereocenters. The SMILES string of the molecule is C[C@H]1[C@H]2CC[C@H]3[C@@H]4CC=C5C[C@@H](N(C)C(=O)c6ccccc6)CC[C@]5(C)C4CC[C@]23CN1C. The Balaban J connectivity index is 1.22. The van der Waals surface area contributed by atoms with Crippen LogP contribution in [0.15, 0.2) is 42.0 Å². The molecule has 4 fully saturated rings. The normalized spacial score (nSPS) is 44.3. The van der Waals surface area contributed by atoms with Crippen LogP contribution in [0.3, 0.4) is 0 Å². The Labute approximate surface area is 200 Å². The molecule has 33 heavy (non-hydrogen) atoms. The molecule has 6 rings (SSSR count). The molecule has 1 spiro atoms. The van der Waals surface area contributed by atoms with E-state index in [2.05, 4.69) is 31.9 Å². The van der Waals surface area contributed by atoms with E-state index in [0.717, 1.165) is 48.1 Å². The molecule has 1 saturated heterocycles. The van der Waals surface area contributed by atoms with Gasteiger partial charge in [0.15, 0.2) is 0 Å². The van der Waals surface area contributed by atoms with Crippen molar-refractivity contribution in [3.05, 3.63) is 47.5 Å². The van der Waals surface area contributed by atoms with Crippen LogP contribution in [0.5, 0.6) is 0 Å². The molecule has 3 heteroatoms. The fourth-order valence-corrected chi connectivity index (χ4v) is 9.72. The van der Waals surface area contributed by atoms with Gasteiger partial charge in [-0.05, 0) is 112 Å². The van der Waals surface area contributed by atoms with Gasteiger partial charge in [0.25, 0.3) is 5.91 Å². The molecular formula is C30H42N2O. The number of likely N-dealkylation sites (tertiary alicyclic amines) is 1. The number of nitrogens with zero attached hydrogens (tertiary/aromatic N) is 2. The average Bonchev–Trinajstić information content (AvgIpc) is 3.31. The van der Waals surface area contributed by atoms with Gasteiger partial charge in [-0.1, -0.05) is 36.8 Å². The van der Waals surface area contributed by atoms with Crippen LogP contribution in [-0.4, -0.2) is 48.4 Å². The summed E-state index contributed by atoms with van der Waals surface area (Å²) in [6.45, 7) is 6.43. The van der Waals surface area contributed by atoms with Gasteiger partial charge in [-0.15, -0.1) is 0 Å². The van der Waals surface area contributed by atoms with Gasteiger partial charge in [0, 0.05) is 31.2 Å². The van der Waals surface area contributed by atoms with Crippen LogP contribution in [0.4, 0.5) is 0 Å². The van der Waals surface area contributed by atoms with Crippen molar-refractivity contribution >= 4 is 5.91 Å². The molecule has 1 aromatic carbocycles. The second-order valence-corrected chi connectivity index (χ2v) is 12.5. The highest BCUT2D eigenvalue weighted by molar-refractivity contribution is 5.94. The Hall–Kier alpha value is -1.61. The summed E-state index contributed by atoms with van der Waals surface area (Å²) in [6.07, 6.45) is 13.2. The lowest BCUT2D eigenvalue weighted by molar-refractivity contribution is -0.0430. The minimum Gasteiger partial charge on any atom is -0.338 e. The van der Waals surface area contributed by atoms with E-state index in [1.54, 1.807) is 5.57 Å². The zero-order valence-electron chi connectivity index (χ0n) is 21.1. The predicted octanol–water partition coefficient (Wildman–Crippen LogP) is 6.02. The van der Waals surface area contributed by atoms with Crippen LogP contribution in [-0.2, 0) is 0 Å². The first-order valence-corrected chi connectivity index (χ1v) is 13.6. The van der Waals surface area contributed by atoms with Gasteiger partial charge in [0.2, 0.25) is 0 Å². The van der Waals surface area contributed by atoms with Crippen molar-refractivity contribution in [2.75, 3.05) is 20.6 Å². The maximum atomic E-state index is 13.1. The van der Waals surface area contributed by atoms with Crippen molar-refractivity contribution in [3.63, 3.8) is 0 Å². The number of rotatable bonds is 2. The maximum Gasteiger partial charge on any atom is 0.253 e. The fraction of sp³-hybridized carbons (Fsp3) is 0.700. The van der Waals surface area contributed by atoms with E-state index in [1.165, 1.54) is 45.1 Å². The number of benzene rings is 1. The average molecular weight is 447 g/mol. The summed E-state index contributed by atoms with van der Waals surface area (Å²) in [5.41, 5.74) is 3.45. The van der Waals surface area contributed by atoms with E-state index in [4.69, 9.17) is 0 Å². The summed E-state index contributed by atoms with van der Waals surface area (Å²) in [6, 6.07) is 10.9. The van der Waals surface area contributed by atoms with Gasteiger partial charge in [0.1, 0.15) is 0 Å². The summed E-state index contributed by atoms with van der Waals surface area (Å²) < 4.78 is 0. The van der Waals surface area contributed by atoms with E-state index < -0.39 is 0 Å². The Bertz CT molecular complexity index is 955. The molecule has 0 aromatic heterocycles. The maximum absolute atomic E-state index is 13.1. The van der Waals surface area contributed by atoms with Gasteiger partial charge >= 0.3 is 0 Å². The zero-order chi connectivity index (χ0) is 23.0. The quantitative estimate of drug-likeness (QED) is 0.519. The van der Waals surface area contributed by atoms with Crippen LogP contribution in [0.2, 0.25) is 0 Å². The molecule has 178 valence electrons. The van der Waals surface area contributed by atoms with Crippen molar-refractivity contribution < 1.29 is 4.79 Å². The molecular weight excluding hydrogens is 404 g/mol. The molecule has 0 N–H and O–H groups in total. The largest absolute Gasteiger partial charge is 0.338 e. The van der Waals surface area contributed by atoms with Crippen LogP contribution < -0.4 is 0 Å². The second-order valence-electron chi connectivity index (χ2n) is 12.5. The number of allylic oxidation sites excluding steroid dienone is 1. The van der Waals surface area contributed by atoms with Crippen LogP contribution in [0.25, 0.3) is 0 Å². The van der Waals surface area contributed by atoms with Crippen molar-refractivity contribution in [1.82, 2.24) is 9.80 Å². The first-order chi connectivity index (χ1) is 15.8. The Kier molecular flexibility index (Phi) is 5.11. The Morgan fingerprint density at radius 1 is 1.03 bits per heavy atom. The monoisotopic (exact) mass is 446 g/mol. The minimum atomic E-state index is 0.176. The molecule has 0 bridgehead atoms. The molecule has 1 unspecified atom stereocenters. The molecule has 1 heterocycles. The van der Waals surface area contributed by atoms with Gasteiger partial charge < -0.3 is 9.80 Å². The van der Waals surface area contributed by atoms with Gasteiger partial charge in [-0.2, -0.15) is 0 Å². The van der Waals surface area contributed by atoms with Crippen molar-refractivity contribution in [2.45, 2.75) is 77.3 Å². The highest BCUT2D eigenvalue weighted by atomic mass is 16.2. The topological polar surface area (TPSA) is 23.6 Å². The summed E-state index contributed by atoms with van der Waals surface area (Å²) in [5.74, 6) is 3.78. The molecule has 1 amide bonds. The van der Waals surface area contributed by atoms with Crippen LogP contribution in [0, 0.1) is 34.5 Å². The number of hydrogen-bond donors (Lipinski definition) is 0. The van der Waals surface area contributed by atoms with E-state index >= 15 is 0 Å². The molecule has 0 radical (unpaired) electrons. The molecule has 5 aliphatic rings. The van der Waals surface area contributed by atoms with E-state index in [0.29, 0.717) is 16.9 Å². The molecule has 3 nitrogen and oxygen atoms in total. The minimum absolute atomic E-state index is 0.176. The molecule has 4 aliphatic carbocycles. The molecule has 3 saturated carbocycles. The van der Waals surface area contributed by atoms with E-state index in [1.807, 2.05) is 42.3 Å². The molecule has 1 aliphatic heterocycles. The number of amides is 1. The lowest BCUT2D eigenvalue weighted by Crippen LogP contribution is -2.53. The number of fused-ring (bicyclic) bond motifs is 4. The van der Waals surface area contributed by atoms with E-state index in [-0.39, 0.29) is 5.91 Å². The summed E-state index contributed by atoms with van der Waals surface area (Å²) in [4.78, 5) is 17.8. The second kappa shape index (κ2) is 7.70. The fourth-order valence-electron chi connectivity index (χ4n) is 9.72. The number of carbonyl (C=O) groups is 1. The highest BCUT2D eigenvalue weighted by Crippen LogP contribution is 2.68. The van der Waals surface area contributed by atoms with Crippen molar-refractivity contribution in [2.24, 2.45) is 34.5 Å². The zero-order valence-corrected chi connectivity index (χ0v) is 21.1. The Morgan fingerprint density at radius 3 is 2.58 bits per heavy atom. The predicted molar refractivity (Wildman–Crippen MR) is 134 cm³/mol. The third-order valence-corrected chi connectivity index (χ3v) is 11.6. The van der Waals surface area contributed by atoms with Crippen LogP contribution in [0.1, 0.15) is 75.6 Å². The summed E-state index contributed by atoms with van der Waals surface area (Å²) in [7, 11) is 4.39. The van der Waals surface area contributed by atoms with Gasteiger partial charge in [0.05, 0.1) is 0 Å². The summed E-state index contributed by atoms with van der Waals surface area (Å²) in [5, 5.41) is 0. The number of hydrogen-bond acceptors (Lipinski definition) is 2. The first-order valence-electron chi connectivity index (χ1n) is 13.6. The highest BCUT2D eigenvalue weighted by Gasteiger charge is 2.64. The smallest absolute Gasteiger partial charge is 0.253 e. The third kappa shape index (κ3) is 3.07. The number of carbonyl (C=O) groups excluding carboxylic acids is 1. The summed E-state index contributed by atoms with van der Waals surface area (Å²) >= 11 is 0. The third-order valence-electron chi connectivity index (χ3n) is 11.6. The van der Waals surface area contributed by atoms with Gasteiger partial charge in [-0.25, -0.2) is 0 Å². The lowest BCUT2D eigenvalue weighted by atomic mass is 9.47. The Morgan fingerprint density at radius 2 is 1.79 bits per heavy atom.